The first-order chi connectivity index (χ1) is 11.7. The maximum absolute atomic E-state index is 12.7. The van der Waals surface area contributed by atoms with E-state index >= 15 is 0 Å². The largest absolute Gasteiger partial charge is 0.378 e. The third-order valence-corrected chi connectivity index (χ3v) is 7.40. The zero-order chi connectivity index (χ0) is 16.4. The molecule has 4 fully saturated rings. The minimum atomic E-state index is 0.279. The summed E-state index contributed by atoms with van der Waals surface area (Å²) in [5.74, 6) is 3.86. The topological polar surface area (TPSA) is 38.8 Å². The van der Waals surface area contributed by atoms with Gasteiger partial charge in [-0.25, -0.2) is 0 Å². The molecule has 0 aromatic rings. The van der Waals surface area contributed by atoms with E-state index in [9.17, 15) is 4.79 Å². The third kappa shape index (κ3) is 4.10. The van der Waals surface area contributed by atoms with E-state index in [0.29, 0.717) is 17.2 Å². The molecule has 5 heteroatoms. The molecule has 1 aliphatic carbocycles. The van der Waals surface area contributed by atoms with Crippen LogP contribution in [0.1, 0.15) is 44.9 Å². The van der Waals surface area contributed by atoms with Crippen LogP contribution in [-0.2, 0) is 14.3 Å². The van der Waals surface area contributed by atoms with Gasteiger partial charge < -0.3 is 14.4 Å². The van der Waals surface area contributed by atoms with E-state index in [1.807, 2.05) is 11.8 Å². The van der Waals surface area contributed by atoms with Crippen molar-refractivity contribution in [2.45, 2.75) is 51.0 Å². The first-order valence-electron chi connectivity index (χ1n) is 9.80. The standard InChI is InChI=1S/C19H31NO3S/c21-18(16-3-9-24-10-4-16)20-7-5-19(6-8-20)11-17(23-14-19)13-22-12-15-1-2-15/h15-17H,1-14H2/t17-/m0/s1. The lowest BCUT2D eigenvalue weighted by Gasteiger charge is -2.40. The van der Waals surface area contributed by atoms with Crippen LogP contribution in [0.3, 0.4) is 0 Å². The van der Waals surface area contributed by atoms with Crippen molar-refractivity contribution < 1.29 is 14.3 Å². The highest BCUT2D eigenvalue weighted by atomic mass is 32.2. The molecule has 4 aliphatic rings. The fourth-order valence-corrected chi connectivity index (χ4v) is 5.51. The second-order valence-electron chi connectivity index (χ2n) is 8.33. The Morgan fingerprint density at radius 2 is 1.88 bits per heavy atom. The number of hydrogen-bond acceptors (Lipinski definition) is 4. The minimum Gasteiger partial charge on any atom is -0.378 e. The number of carbonyl (C=O) groups is 1. The Morgan fingerprint density at radius 3 is 2.58 bits per heavy atom. The van der Waals surface area contributed by atoms with Crippen molar-refractivity contribution in [3.8, 4) is 0 Å². The molecule has 0 N–H and O–H groups in total. The van der Waals surface area contributed by atoms with Crippen LogP contribution in [0.2, 0.25) is 0 Å². The highest BCUT2D eigenvalue weighted by Crippen LogP contribution is 2.42. The highest BCUT2D eigenvalue weighted by Gasteiger charge is 2.43. The quantitative estimate of drug-likeness (QED) is 0.762. The normalized spacial score (nSPS) is 30.8. The van der Waals surface area contributed by atoms with Gasteiger partial charge in [0.05, 0.1) is 19.3 Å². The Morgan fingerprint density at radius 1 is 1.12 bits per heavy atom. The van der Waals surface area contributed by atoms with Gasteiger partial charge in [0.2, 0.25) is 5.91 Å². The number of piperidine rings is 1. The summed E-state index contributed by atoms with van der Waals surface area (Å²) in [5.41, 5.74) is 0.312. The van der Waals surface area contributed by atoms with E-state index < -0.39 is 0 Å². The molecule has 4 nitrogen and oxygen atoms in total. The molecule has 24 heavy (non-hydrogen) atoms. The van der Waals surface area contributed by atoms with Crippen molar-refractivity contribution in [1.82, 2.24) is 4.90 Å². The smallest absolute Gasteiger partial charge is 0.225 e. The highest BCUT2D eigenvalue weighted by molar-refractivity contribution is 7.99. The molecular formula is C19H31NO3S. The number of carbonyl (C=O) groups excluding carboxylic acids is 1. The van der Waals surface area contributed by atoms with Gasteiger partial charge in [0.1, 0.15) is 0 Å². The van der Waals surface area contributed by atoms with Gasteiger partial charge in [-0.05, 0) is 67.8 Å². The number of thioether (sulfide) groups is 1. The fraction of sp³-hybridized carbons (Fsp3) is 0.947. The first kappa shape index (κ1) is 17.2. The lowest BCUT2D eigenvalue weighted by atomic mass is 9.76. The molecule has 0 radical (unpaired) electrons. The Balaban J connectivity index is 1.21. The molecule has 0 aromatic heterocycles. The number of hydrogen-bond donors (Lipinski definition) is 0. The number of nitrogens with zero attached hydrogens (tertiary/aromatic N) is 1. The van der Waals surface area contributed by atoms with Crippen molar-refractivity contribution in [3.05, 3.63) is 0 Å². The van der Waals surface area contributed by atoms with Crippen LogP contribution in [0, 0.1) is 17.3 Å². The predicted octanol–water partition coefficient (Wildman–Crippen LogP) is 2.95. The first-order valence-corrected chi connectivity index (χ1v) is 11.0. The van der Waals surface area contributed by atoms with E-state index in [-0.39, 0.29) is 6.10 Å². The number of likely N-dealkylation sites (tertiary alicyclic amines) is 1. The van der Waals surface area contributed by atoms with Gasteiger partial charge in [0.15, 0.2) is 0 Å². The maximum atomic E-state index is 12.7. The van der Waals surface area contributed by atoms with Gasteiger partial charge in [-0.15, -0.1) is 0 Å². The second kappa shape index (κ2) is 7.55. The lowest BCUT2D eigenvalue weighted by Crippen LogP contribution is -2.46. The van der Waals surface area contributed by atoms with Crippen LogP contribution in [0.15, 0.2) is 0 Å². The summed E-state index contributed by atoms with van der Waals surface area (Å²) >= 11 is 1.99. The molecule has 0 unspecified atom stereocenters. The second-order valence-corrected chi connectivity index (χ2v) is 9.55. The summed E-state index contributed by atoms with van der Waals surface area (Å²) in [6.45, 7) is 4.42. The SMILES string of the molecule is O=C(C1CCSCC1)N1CCC2(CC1)CO[C@H](COCC1CC1)C2. The predicted molar refractivity (Wildman–Crippen MR) is 96.2 cm³/mol. The Kier molecular flexibility index (Phi) is 5.40. The van der Waals surface area contributed by atoms with Gasteiger partial charge in [-0.1, -0.05) is 0 Å². The minimum absolute atomic E-state index is 0.279. The van der Waals surface area contributed by atoms with Gasteiger partial charge in [0.25, 0.3) is 0 Å². The maximum Gasteiger partial charge on any atom is 0.225 e. The molecule has 0 aromatic carbocycles. The van der Waals surface area contributed by atoms with Gasteiger partial charge in [-0.3, -0.25) is 4.79 Å². The summed E-state index contributed by atoms with van der Waals surface area (Å²) in [7, 11) is 0. The van der Waals surface area contributed by atoms with Crippen LogP contribution >= 0.6 is 11.8 Å². The van der Waals surface area contributed by atoms with Crippen LogP contribution in [0.5, 0.6) is 0 Å². The molecule has 3 heterocycles. The van der Waals surface area contributed by atoms with E-state index in [0.717, 1.165) is 82.4 Å². The van der Waals surface area contributed by atoms with Gasteiger partial charge in [0, 0.05) is 25.6 Å². The molecule has 3 saturated heterocycles. The molecule has 1 atom stereocenters. The molecular weight excluding hydrogens is 322 g/mol. The Hall–Kier alpha value is -0.260. The van der Waals surface area contributed by atoms with Crippen LogP contribution in [0.25, 0.3) is 0 Å². The summed E-state index contributed by atoms with van der Waals surface area (Å²) in [6, 6.07) is 0. The molecule has 0 bridgehead atoms. The van der Waals surface area contributed by atoms with E-state index in [1.165, 1.54) is 12.8 Å². The van der Waals surface area contributed by atoms with E-state index in [1.54, 1.807) is 0 Å². The summed E-state index contributed by atoms with van der Waals surface area (Å²) in [5, 5.41) is 0. The van der Waals surface area contributed by atoms with Crippen molar-refractivity contribution in [2.24, 2.45) is 17.3 Å². The zero-order valence-electron chi connectivity index (χ0n) is 14.7. The lowest BCUT2D eigenvalue weighted by molar-refractivity contribution is -0.138. The number of ether oxygens (including phenoxy) is 2. The van der Waals surface area contributed by atoms with Crippen molar-refractivity contribution >= 4 is 17.7 Å². The molecule has 1 saturated carbocycles. The third-order valence-electron chi connectivity index (χ3n) is 6.35. The molecule has 3 aliphatic heterocycles. The Labute approximate surface area is 150 Å². The summed E-state index contributed by atoms with van der Waals surface area (Å²) in [6.07, 6.45) is 8.47. The average molecular weight is 354 g/mol. The van der Waals surface area contributed by atoms with Crippen LogP contribution in [0.4, 0.5) is 0 Å². The fourth-order valence-electron chi connectivity index (χ4n) is 4.41. The van der Waals surface area contributed by atoms with Crippen LogP contribution in [-0.4, -0.2) is 61.3 Å². The van der Waals surface area contributed by atoms with Crippen LogP contribution < -0.4 is 0 Å². The number of rotatable bonds is 5. The van der Waals surface area contributed by atoms with Gasteiger partial charge >= 0.3 is 0 Å². The molecule has 1 spiro atoms. The molecule has 4 rings (SSSR count). The summed E-state index contributed by atoms with van der Waals surface area (Å²) in [4.78, 5) is 14.8. The molecule has 1 amide bonds. The molecule has 136 valence electrons. The van der Waals surface area contributed by atoms with Crippen molar-refractivity contribution in [3.63, 3.8) is 0 Å². The Bertz CT molecular complexity index is 440. The van der Waals surface area contributed by atoms with E-state index in [4.69, 9.17) is 9.47 Å². The number of amides is 1. The van der Waals surface area contributed by atoms with E-state index in [2.05, 4.69) is 4.90 Å². The van der Waals surface area contributed by atoms with Crippen molar-refractivity contribution in [1.29, 1.82) is 0 Å². The zero-order valence-corrected chi connectivity index (χ0v) is 15.5. The van der Waals surface area contributed by atoms with Gasteiger partial charge in [-0.2, -0.15) is 11.8 Å². The van der Waals surface area contributed by atoms with Crippen molar-refractivity contribution in [2.75, 3.05) is 44.4 Å². The monoisotopic (exact) mass is 353 g/mol. The average Bonchev–Trinajstić information content (AvgIpc) is 3.37. The summed E-state index contributed by atoms with van der Waals surface area (Å²) < 4.78 is 11.9.